The number of ether oxygens (including phenoxy) is 2. The van der Waals surface area contributed by atoms with Crippen LogP contribution in [0.5, 0.6) is 5.75 Å². The maximum atomic E-state index is 12.9. The Labute approximate surface area is 186 Å². The summed E-state index contributed by atoms with van der Waals surface area (Å²) >= 11 is 0. The average molecular weight is 435 g/mol. The number of anilines is 2. The van der Waals surface area contributed by atoms with E-state index in [0.29, 0.717) is 41.5 Å². The number of nitrogens with one attached hydrogen (secondary N) is 1. The van der Waals surface area contributed by atoms with Crippen molar-refractivity contribution in [2.45, 2.75) is 6.92 Å². The number of para-hydroxylation sites is 1. The zero-order valence-corrected chi connectivity index (χ0v) is 18.1. The Balaban J connectivity index is 1.56. The number of ketones is 1. The van der Waals surface area contributed by atoms with Crippen LogP contribution in [0.15, 0.2) is 48.2 Å². The molecule has 2 aromatic rings. The molecule has 2 heterocycles. The summed E-state index contributed by atoms with van der Waals surface area (Å²) in [7, 11) is 1.52. The third-order valence-corrected chi connectivity index (χ3v) is 5.45. The van der Waals surface area contributed by atoms with Crippen LogP contribution in [0.1, 0.15) is 22.8 Å². The molecule has 1 saturated heterocycles. The number of carbonyl (C=O) groups is 3. The molecule has 0 aliphatic carbocycles. The van der Waals surface area contributed by atoms with Gasteiger partial charge in [-0.15, -0.1) is 0 Å². The average Bonchev–Trinajstić information content (AvgIpc) is 3.07. The Bertz CT molecular complexity index is 1090. The zero-order chi connectivity index (χ0) is 22.7. The van der Waals surface area contributed by atoms with Crippen molar-refractivity contribution in [1.29, 1.82) is 0 Å². The number of carbonyl (C=O) groups excluding carboxylic acids is 3. The van der Waals surface area contributed by atoms with E-state index in [2.05, 4.69) is 5.32 Å². The fourth-order valence-electron chi connectivity index (χ4n) is 3.91. The lowest BCUT2D eigenvalue weighted by atomic mass is 10.1. The van der Waals surface area contributed by atoms with Gasteiger partial charge in [0.2, 0.25) is 17.6 Å². The van der Waals surface area contributed by atoms with Crippen molar-refractivity contribution in [3.05, 3.63) is 59.3 Å². The topological polar surface area (TPSA) is 88.2 Å². The van der Waals surface area contributed by atoms with E-state index in [4.69, 9.17) is 9.47 Å². The van der Waals surface area contributed by atoms with Gasteiger partial charge in [0.05, 0.1) is 43.9 Å². The molecule has 32 heavy (non-hydrogen) atoms. The van der Waals surface area contributed by atoms with Gasteiger partial charge in [0.25, 0.3) is 0 Å². The van der Waals surface area contributed by atoms with Crippen LogP contribution in [-0.2, 0) is 14.3 Å². The van der Waals surface area contributed by atoms with Crippen LogP contribution in [0, 0.1) is 0 Å². The lowest BCUT2D eigenvalue weighted by molar-refractivity contribution is -0.118. The van der Waals surface area contributed by atoms with Gasteiger partial charge < -0.3 is 14.8 Å². The molecule has 2 amide bonds. The number of morpholine rings is 1. The van der Waals surface area contributed by atoms with Crippen molar-refractivity contribution >= 4 is 35.0 Å². The van der Waals surface area contributed by atoms with Crippen molar-refractivity contribution in [3.63, 3.8) is 0 Å². The normalized spacial score (nSPS) is 17.4. The Morgan fingerprint density at radius 1 is 1.16 bits per heavy atom. The highest BCUT2D eigenvalue weighted by atomic mass is 16.5. The van der Waals surface area contributed by atoms with Crippen LogP contribution in [0.4, 0.5) is 11.4 Å². The number of hydrogen-bond acceptors (Lipinski definition) is 6. The maximum absolute atomic E-state index is 12.9. The minimum absolute atomic E-state index is 0.138. The first-order valence-electron chi connectivity index (χ1n) is 10.4. The van der Waals surface area contributed by atoms with Crippen molar-refractivity contribution < 1.29 is 23.9 Å². The molecule has 2 aliphatic heterocycles. The van der Waals surface area contributed by atoms with Crippen LogP contribution in [0.2, 0.25) is 0 Å². The number of benzene rings is 2. The van der Waals surface area contributed by atoms with Gasteiger partial charge in [0, 0.05) is 25.6 Å². The fourth-order valence-corrected chi connectivity index (χ4v) is 3.91. The van der Waals surface area contributed by atoms with E-state index in [-0.39, 0.29) is 29.8 Å². The van der Waals surface area contributed by atoms with E-state index in [1.54, 1.807) is 48.5 Å². The molecule has 1 N–H and O–H groups in total. The molecule has 0 aromatic heterocycles. The number of fused-ring (bicyclic) bond motifs is 1. The molecule has 2 aliphatic rings. The third-order valence-electron chi connectivity index (χ3n) is 5.45. The number of methoxy groups -OCH3 is 1. The minimum atomic E-state index is -0.242. The van der Waals surface area contributed by atoms with Gasteiger partial charge in [-0.3, -0.25) is 24.2 Å². The molecule has 4 rings (SSSR count). The predicted molar refractivity (Wildman–Crippen MR) is 121 cm³/mol. The number of nitrogens with zero attached hydrogens (tertiary/aromatic N) is 2. The second-order valence-corrected chi connectivity index (χ2v) is 7.63. The zero-order valence-electron chi connectivity index (χ0n) is 18.1. The number of rotatable bonds is 5. The summed E-state index contributed by atoms with van der Waals surface area (Å²) in [6, 6.07) is 12.3. The van der Waals surface area contributed by atoms with Crippen LogP contribution in [-0.4, -0.2) is 62.5 Å². The van der Waals surface area contributed by atoms with Crippen molar-refractivity contribution in [2.24, 2.45) is 0 Å². The maximum Gasteiger partial charge on any atom is 0.238 e. The monoisotopic (exact) mass is 435 g/mol. The second kappa shape index (κ2) is 9.33. The minimum Gasteiger partial charge on any atom is -0.495 e. The van der Waals surface area contributed by atoms with Gasteiger partial charge in [0.15, 0.2) is 0 Å². The molecule has 0 spiro atoms. The molecule has 0 unspecified atom stereocenters. The van der Waals surface area contributed by atoms with E-state index < -0.39 is 0 Å². The van der Waals surface area contributed by atoms with Crippen LogP contribution >= 0.6 is 0 Å². The van der Waals surface area contributed by atoms with E-state index in [9.17, 15) is 14.4 Å². The Morgan fingerprint density at radius 2 is 1.91 bits per heavy atom. The first-order valence-corrected chi connectivity index (χ1v) is 10.4. The van der Waals surface area contributed by atoms with E-state index in [0.717, 1.165) is 13.1 Å². The molecule has 1 fully saturated rings. The standard InChI is InChI=1S/C24H25N3O5/c1-16(28)27-20-6-4-3-5-18(20)24(30)21(27)13-17-7-8-19(22(14-17)31-2)25-23(29)15-26-9-11-32-12-10-26/h3-8,13-14H,9-12,15H2,1-2H3,(H,25,29). The van der Waals surface area contributed by atoms with Gasteiger partial charge in [-0.05, 0) is 35.9 Å². The first kappa shape index (κ1) is 21.7. The van der Waals surface area contributed by atoms with Crippen molar-refractivity contribution in [2.75, 3.05) is 50.2 Å². The summed E-state index contributed by atoms with van der Waals surface area (Å²) in [6.45, 7) is 4.40. The molecule has 166 valence electrons. The number of Topliss-reactive ketones (excluding diaryl/α,β-unsaturated/α-hetero) is 1. The van der Waals surface area contributed by atoms with Crippen LogP contribution in [0.25, 0.3) is 6.08 Å². The largest absolute Gasteiger partial charge is 0.495 e. The summed E-state index contributed by atoms with van der Waals surface area (Å²) < 4.78 is 10.8. The molecule has 0 radical (unpaired) electrons. The quantitative estimate of drug-likeness (QED) is 0.727. The van der Waals surface area contributed by atoms with E-state index in [1.807, 2.05) is 4.90 Å². The third kappa shape index (κ3) is 4.42. The summed E-state index contributed by atoms with van der Waals surface area (Å²) in [5.41, 5.74) is 2.57. The summed E-state index contributed by atoms with van der Waals surface area (Å²) in [4.78, 5) is 41.1. The van der Waals surface area contributed by atoms with Crippen molar-refractivity contribution in [3.8, 4) is 5.75 Å². The summed E-state index contributed by atoms with van der Waals surface area (Å²) in [6.07, 6.45) is 1.66. The number of allylic oxidation sites excluding steroid dienone is 1. The molecule has 8 nitrogen and oxygen atoms in total. The number of hydrogen-bond donors (Lipinski definition) is 1. The highest BCUT2D eigenvalue weighted by molar-refractivity contribution is 6.26. The van der Waals surface area contributed by atoms with E-state index in [1.165, 1.54) is 18.9 Å². The fraction of sp³-hybridized carbons (Fsp3) is 0.292. The molecule has 0 atom stereocenters. The Morgan fingerprint density at radius 3 is 2.62 bits per heavy atom. The van der Waals surface area contributed by atoms with Crippen LogP contribution < -0.4 is 15.0 Å². The SMILES string of the molecule is COc1cc(C=C2C(=O)c3ccccc3N2C(C)=O)ccc1NC(=O)CN1CCOCC1. The second-order valence-electron chi connectivity index (χ2n) is 7.63. The van der Waals surface area contributed by atoms with Gasteiger partial charge in [-0.25, -0.2) is 0 Å². The smallest absolute Gasteiger partial charge is 0.238 e. The summed E-state index contributed by atoms with van der Waals surface area (Å²) in [5, 5.41) is 2.88. The van der Waals surface area contributed by atoms with Gasteiger partial charge in [-0.1, -0.05) is 18.2 Å². The highest BCUT2D eigenvalue weighted by Gasteiger charge is 2.34. The predicted octanol–water partition coefficient (Wildman–Crippen LogP) is 2.56. The molecule has 0 saturated carbocycles. The lowest BCUT2D eigenvalue weighted by Gasteiger charge is -2.25. The highest BCUT2D eigenvalue weighted by Crippen LogP contribution is 2.36. The van der Waals surface area contributed by atoms with Gasteiger partial charge in [0.1, 0.15) is 5.75 Å². The molecule has 0 bridgehead atoms. The Hall–Kier alpha value is -3.49. The van der Waals surface area contributed by atoms with Crippen LogP contribution in [0.3, 0.4) is 0 Å². The Kier molecular flexibility index (Phi) is 6.34. The van der Waals surface area contributed by atoms with Gasteiger partial charge in [-0.2, -0.15) is 0 Å². The molecular weight excluding hydrogens is 410 g/mol. The van der Waals surface area contributed by atoms with Gasteiger partial charge >= 0.3 is 0 Å². The molecule has 8 heteroatoms. The molecule has 2 aromatic carbocycles. The number of amides is 2. The molecular formula is C24H25N3O5. The lowest BCUT2D eigenvalue weighted by Crippen LogP contribution is -2.41. The van der Waals surface area contributed by atoms with Crippen molar-refractivity contribution in [1.82, 2.24) is 4.90 Å². The van der Waals surface area contributed by atoms with E-state index >= 15 is 0 Å². The summed E-state index contributed by atoms with van der Waals surface area (Å²) in [5.74, 6) is -0.126. The first-order chi connectivity index (χ1) is 15.5.